The molecule has 0 spiro atoms. The molecule has 0 saturated heterocycles. The number of halogens is 1. The van der Waals surface area contributed by atoms with Crippen LogP contribution in [0.4, 0.5) is 0 Å². The Morgan fingerprint density at radius 2 is 1.60 bits per heavy atom. The van der Waals surface area contributed by atoms with Crippen LogP contribution in [0.25, 0.3) is 0 Å². The van der Waals surface area contributed by atoms with Gasteiger partial charge in [0.2, 0.25) is 11.8 Å². The maximum Gasteiger partial charge on any atom is 0.226 e. The van der Waals surface area contributed by atoms with Crippen molar-refractivity contribution in [3.8, 4) is 11.5 Å². The van der Waals surface area contributed by atoms with Crippen molar-refractivity contribution in [1.82, 2.24) is 4.90 Å². The Morgan fingerprint density at radius 3 is 2.05 bits per heavy atom. The first-order valence-corrected chi connectivity index (χ1v) is 7.17. The van der Waals surface area contributed by atoms with Crippen molar-refractivity contribution in [2.75, 3.05) is 20.8 Å². The highest BCUT2D eigenvalue weighted by molar-refractivity contribution is 14.1. The number of benzene rings is 1. The summed E-state index contributed by atoms with van der Waals surface area (Å²) < 4.78 is 11.5. The summed E-state index contributed by atoms with van der Waals surface area (Å²) in [6.45, 7) is 3.14. The molecule has 20 heavy (non-hydrogen) atoms. The molecule has 0 atom stereocenters. The largest absolute Gasteiger partial charge is 0.493 e. The van der Waals surface area contributed by atoms with Gasteiger partial charge in [0.15, 0.2) is 11.5 Å². The lowest BCUT2D eigenvalue weighted by atomic mass is 10.1. The zero-order valence-corrected chi connectivity index (χ0v) is 14.2. The fourth-order valence-electron chi connectivity index (χ4n) is 1.86. The Labute approximate surface area is 132 Å². The molecular weight excluding hydrogens is 373 g/mol. The number of imide groups is 1. The molecule has 0 aliphatic carbocycles. The lowest BCUT2D eigenvalue weighted by Gasteiger charge is -2.18. The number of nitrogens with zero attached hydrogens (tertiary/aromatic N) is 1. The van der Waals surface area contributed by atoms with Crippen LogP contribution in [0.3, 0.4) is 0 Å². The molecular formula is C14H18INO4. The number of methoxy groups -OCH3 is 2. The van der Waals surface area contributed by atoms with Crippen LogP contribution in [-0.2, 0) is 16.0 Å². The average Bonchev–Trinajstić information content (AvgIpc) is 2.39. The monoisotopic (exact) mass is 391 g/mol. The molecule has 0 fully saturated rings. The quantitative estimate of drug-likeness (QED) is 0.723. The number of amides is 2. The molecule has 0 unspecified atom stereocenters. The summed E-state index contributed by atoms with van der Waals surface area (Å²) in [7, 11) is 3.16. The van der Waals surface area contributed by atoms with E-state index in [-0.39, 0.29) is 11.8 Å². The van der Waals surface area contributed by atoms with Crippen LogP contribution < -0.4 is 9.47 Å². The van der Waals surface area contributed by atoms with Crippen molar-refractivity contribution >= 4 is 34.4 Å². The van der Waals surface area contributed by atoms with Gasteiger partial charge >= 0.3 is 0 Å². The van der Waals surface area contributed by atoms with E-state index < -0.39 is 0 Å². The Morgan fingerprint density at radius 1 is 1.10 bits per heavy atom. The van der Waals surface area contributed by atoms with Gasteiger partial charge in [-0.1, -0.05) is 0 Å². The summed E-state index contributed by atoms with van der Waals surface area (Å²) >= 11 is 2.20. The number of hydrogen-bond donors (Lipinski definition) is 0. The SMILES string of the molecule is COc1cc(I)c(CCN(C(C)=O)C(C)=O)cc1OC. The van der Waals surface area contributed by atoms with E-state index in [1.54, 1.807) is 14.2 Å². The van der Waals surface area contributed by atoms with Crippen molar-refractivity contribution in [3.63, 3.8) is 0 Å². The second-order valence-electron chi connectivity index (χ2n) is 4.24. The van der Waals surface area contributed by atoms with E-state index in [1.807, 2.05) is 12.1 Å². The van der Waals surface area contributed by atoms with E-state index >= 15 is 0 Å². The van der Waals surface area contributed by atoms with Crippen LogP contribution >= 0.6 is 22.6 Å². The second kappa shape index (κ2) is 7.47. The van der Waals surface area contributed by atoms with E-state index in [1.165, 1.54) is 18.7 Å². The normalized spacial score (nSPS) is 10.1. The molecule has 1 rings (SSSR count). The van der Waals surface area contributed by atoms with Crippen molar-refractivity contribution in [2.45, 2.75) is 20.3 Å². The van der Waals surface area contributed by atoms with E-state index in [2.05, 4.69) is 22.6 Å². The Bertz CT molecular complexity index is 502. The van der Waals surface area contributed by atoms with Gasteiger partial charge in [0.25, 0.3) is 0 Å². The maximum atomic E-state index is 11.4. The zero-order chi connectivity index (χ0) is 15.3. The highest BCUT2D eigenvalue weighted by atomic mass is 127. The average molecular weight is 391 g/mol. The molecule has 0 bridgehead atoms. The summed E-state index contributed by atoms with van der Waals surface area (Å²) in [5, 5.41) is 0. The molecule has 0 N–H and O–H groups in total. The van der Waals surface area contributed by atoms with E-state index in [0.29, 0.717) is 24.5 Å². The van der Waals surface area contributed by atoms with Crippen molar-refractivity contribution < 1.29 is 19.1 Å². The van der Waals surface area contributed by atoms with Gasteiger partial charge in [0.1, 0.15) is 0 Å². The Hall–Kier alpha value is -1.31. The van der Waals surface area contributed by atoms with E-state index in [9.17, 15) is 9.59 Å². The summed E-state index contributed by atoms with van der Waals surface area (Å²) in [6, 6.07) is 3.75. The number of ether oxygens (including phenoxy) is 2. The predicted octanol–water partition coefficient (Wildman–Crippen LogP) is 2.25. The van der Waals surface area contributed by atoms with Gasteiger partial charge in [-0.15, -0.1) is 0 Å². The summed E-state index contributed by atoms with van der Waals surface area (Å²) in [5.41, 5.74) is 1.01. The van der Waals surface area contributed by atoms with Gasteiger partial charge in [0, 0.05) is 24.0 Å². The number of rotatable bonds is 5. The second-order valence-corrected chi connectivity index (χ2v) is 5.40. The van der Waals surface area contributed by atoms with E-state index in [0.717, 1.165) is 9.13 Å². The van der Waals surface area contributed by atoms with Crippen molar-refractivity contribution in [2.24, 2.45) is 0 Å². The molecule has 5 nitrogen and oxygen atoms in total. The molecule has 1 aromatic rings. The highest BCUT2D eigenvalue weighted by Crippen LogP contribution is 2.31. The van der Waals surface area contributed by atoms with Crippen LogP contribution in [0.15, 0.2) is 12.1 Å². The molecule has 0 saturated carbocycles. The minimum Gasteiger partial charge on any atom is -0.493 e. The molecule has 2 amide bonds. The lowest BCUT2D eigenvalue weighted by molar-refractivity contribution is -0.141. The first-order chi connectivity index (χ1) is 9.40. The van der Waals surface area contributed by atoms with Gasteiger partial charge in [-0.3, -0.25) is 14.5 Å². The molecule has 110 valence electrons. The molecule has 0 radical (unpaired) electrons. The minimum absolute atomic E-state index is 0.243. The van der Waals surface area contributed by atoms with Crippen LogP contribution in [0.5, 0.6) is 11.5 Å². The van der Waals surface area contributed by atoms with Crippen LogP contribution in [0.1, 0.15) is 19.4 Å². The van der Waals surface area contributed by atoms with Crippen LogP contribution in [0.2, 0.25) is 0 Å². The molecule has 1 aromatic carbocycles. The first-order valence-electron chi connectivity index (χ1n) is 6.09. The van der Waals surface area contributed by atoms with E-state index in [4.69, 9.17) is 9.47 Å². The molecule has 0 aromatic heterocycles. The number of carbonyl (C=O) groups excluding carboxylic acids is 2. The van der Waals surface area contributed by atoms with Crippen molar-refractivity contribution in [1.29, 1.82) is 0 Å². The van der Waals surface area contributed by atoms with Crippen LogP contribution in [-0.4, -0.2) is 37.5 Å². The molecule has 0 heterocycles. The van der Waals surface area contributed by atoms with Gasteiger partial charge in [0.05, 0.1) is 14.2 Å². The van der Waals surface area contributed by atoms with Crippen LogP contribution in [0, 0.1) is 3.57 Å². The third kappa shape index (κ3) is 4.09. The third-order valence-electron chi connectivity index (χ3n) is 2.92. The highest BCUT2D eigenvalue weighted by Gasteiger charge is 2.15. The summed E-state index contributed by atoms with van der Waals surface area (Å²) in [5.74, 6) is 0.816. The van der Waals surface area contributed by atoms with Gasteiger partial charge in [-0.05, 0) is 46.7 Å². The summed E-state index contributed by atoms with van der Waals surface area (Å²) in [6.07, 6.45) is 0.581. The zero-order valence-electron chi connectivity index (χ0n) is 12.0. The third-order valence-corrected chi connectivity index (χ3v) is 3.92. The number of carbonyl (C=O) groups is 2. The fourth-order valence-corrected chi connectivity index (χ4v) is 2.56. The molecule has 0 aliphatic heterocycles. The Kier molecular flexibility index (Phi) is 6.25. The fraction of sp³-hybridized carbons (Fsp3) is 0.429. The van der Waals surface area contributed by atoms with Crippen molar-refractivity contribution in [3.05, 3.63) is 21.3 Å². The predicted molar refractivity (Wildman–Crippen MR) is 84.0 cm³/mol. The Balaban J connectivity index is 2.92. The lowest BCUT2D eigenvalue weighted by Crippen LogP contribution is -2.35. The maximum absolute atomic E-state index is 11.4. The van der Waals surface area contributed by atoms with Gasteiger partial charge in [-0.2, -0.15) is 0 Å². The minimum atomic E-state index is -0.243. The molecule has 6 heteroatoms. The standard InChI is InChI=1S/C14H18INO4/c1-9(17)16(10(2)18)6-5-11-7-13(19-3)14(20-4)8-12(11)15/h7-8H,5-6H2,1-4H3. The first kappa shape index (κ1) is 16.7. The number of hydrogen-bond acceptors (Lipinski definition) is 4. The smallest absolute Gasteiger partial charge is 0.226 e. The summed E-state index contributed by atoms with van der Waals surface area (Å²) in [4.78, 5) is 24.0. The van der Waals surface area contributed by atoms with Gasteiger partial charge in [-0.25, -0.2) is 0 Å². The topological polar surface area (TPSA) is 55.8 Å². The van der Waals surface area contributed by atoms with Gasteiger partial charge < -0.3 is 9.47 Å². The molecule has 0 aliphatic rings.